The molecule has 55 heavy (non-hydrogen) atoms. The van der Waals surface area contributed by atoms with E-state index in [-0.39, 0.29) is 24.3 Å². The standard InChI is InChI=1S/C35H49N7O13/c1-3-18(2)29(42-30(49)23(36)12-19-4-8-21(46)9-5-19)34(53)41-26(16-44)33(52)39-24(13-20-6-10-22(47)11-7-20)32(51)40-25(15-43)31(50)37-14-28(48)38-27(17-45)35(54)55/h4-11,18,23-27,29,43-47H,3,12-17,36H2,1-2H3,(H,37,50)(H,38,48)(H,39,52)(H,40,51)(H,41,53)(H,42,49)(H,54,55)/t18-,23-,24-,25-,26-,27-,29-/m0/s1. The van der Waals surface area contributed by atoms with Gasteiger partial charge >= 0.3 is 5.97 Å². The molecule has 302 valence electrons. The molecule has 0 spiro atoms. The molecule has 0 saturated heterocycles. The summed E-state index contributed by atoms with van der Waals surface area (Å²) in [4.78, 5) is 89.2. The molecule has 2 aromatic rings. The maximum absolute atomic E-state index is 13.5. The molecule has 2 rings (SSSR count). The molecule has 6 amide bonds. The fourth-order valence-electron chi connectivity index (χ4n) is 4.93. The molecule has 20 heteroatoms. The molecule has 0 aliphatic heterocycles. The third-order valence-corrected chi connectivity index (χ3v) is 8.40. The number of hydrogen-bond donors (Lipinski definition) is 13. The molecule has 2 aromatic carbocycles. The molecule has 14 N–H and O–H groups in total. The lowest BCUT2D eigenvalue weighted by Crippen LogP contribution is -2.61. The highest BCUT2D eigenvalue weighted by molar-refractivity contribution is 5.96. The van der Waals surface area contributed by atoms with Gasteiger partial charge in [0.15, 0.2) is 0 Å². The lowest BCUT2D eigenvalue weighted by atomic mass is 9.97. The van der Waals surface area contributed by atoms with Gasteiger partial charge in [0.1, 0.15) is 41.7 Å². The number of aliphatic hydroxyl groups excluding tert-OH is 3. The van der Waals surface area contributed by atoms with Crippen molar-refractivity contribution in [2.45, 2.75) is 69.4 Å². The summed E-state index contributed by atoms with van der Waals surface area (Å²) in [6, 6.07) is 2.74. The first-order valence-electron chi connectivity index (χ1n) is 17.2. The molecule has 0 heterocycles. The molecule has 0 aromatic heterocycles. The van der Waals surface area contributed by atoms with Crippen molar-refractivity contribution in [2.24, 2.45) is 11.7 Å². The Bertz CT molecular complexity index is 1630. The summed E-state index contributed by atoms with van der Waals surface area (Å²) in [5, 5.41) is 70.8. The van der Waals surface area contributed by atoms with Crippen molar-refractivity contribution in [2.75, 3.05) is 26.4 Å². The predicted octanol–water partition coefficient (Wildman–Crippen LogP) is -4.14. The van der Waals surface area contributed by atoms with E-state index in [2.05, 4.69) is 26.6 Å². The van der Waals surface area contributed by atoms with Crippen LogP contribution in [0.4, 0.5) is 0 Å². The number of carboxylic acids is 1. The zero-order valence-corrected chi connectivity index (χ0v) is 30.2. The number of rotatable bonds is 22. The first kappa shape index (κ1) is 45.3. The van der Waals surface area contributed by atoms with Crippen LogP contribution in [0.25, 0.3) is 0 Å². The van der Waals surface area contributed by atoms with Crippen molar-refractivity contribution in [3.8, 4) is 11.5 Å². The van der Waals surface area contributed by atoms with Crippen molar-refractivity contribution in [3.05, 3.63) is 59.7 Å². The van der Waals surface area contributed by atoms with E-state index < -0.39 is 110 Å². The van der Waals surface area contributed by atoms with Gasteiger partial charge in [0, 0.05) is 6.42 Å². The van der Waals surface area contributed by atoms with Gasteiger partial charge in [0.25, 0.3) is 0 Å². The summed E-state index contributed by atoms with van der Waals surface area (Å²) >= 11 is 0. The average Bonchev–Trinajstić information content (AvgIpc) is 3.16. The van der Waals surface area contributed by atoms with E-state index >= 15 is 0 Å². The fourth-order valence-corrected chi connectivity index (χ4v) is 4.93. The number of amides is 6. The third kappa shape index (κ3) is 14.8. The number of phenols is 2. The average molecular weight is 776 g/mol. The van der Waals surface area contributed by atoms with Gasteiger partial charge in [-0.1, -0.05) is 44.5 Å². The molecule has 0 saturated carbocycles. The van der Waals surface area contributed by atoms with Crippen molar-refractivity contribution in [1.29, 1.82) is 0 Å². The Hall–Kier alpha value is -5.83. The minimum atomic E-state index is -1.68. The number of aliphatic hydroxyl groups is 3. The van der Waals surface area contributed by atoms with Crippen molar-refractivity contribution in [1.82, 2.24) is 31.9 Å². The van der Waals surface area contributed by atoms with Gasteiger partial charge in [0.2, 0.25) is 35.4 Å². The number of carbonyl (C=O) groups excluding carboxylic acids is 6. The number of benzene rings is 2. The summed E-state index contributed by atoms with van der Waals surface area (Å²) in [5.74, 6) is -7.74. The van der Waals surface area contributed by atoms with Crippen LogP contribution in [-0.4, -0.2) is 135 Å². The SMILES string of the molecule is CC[C@H](C)[C@H](NC(=O)[C@@H](N)Cc1ccc(O)cc1)C(=O)N[C@@H](CO)C(=O)N[C@@H](Cc1ccc(O)cc1)C(=O)N[C@@H](CO)C(=O)NCC(=O)N[C@@H](CO)C(=O)O. The lowest BCUT2D eigenvalue weighted by Gasteiger charge is -2.28. The predicted molar refractivity (Wildman–Crippen MR) is 193 cm³/mol. The van der Waals surface area contributed by atoms with Crippen LogP contribution in [0.15, 0.2) is 48.5 Å². The van der Waals surface area contributed by atoms with Gasteiger partial charge in [-0.2, -0.15) is 0 Å². The maximum Gasteiger partial charge on any atom is 0.328 e. The van der Waals surface area contributed by atoms with Gasteiger partial charge in [0.05, 0.1) is 32.4 Å². The van der Waals surface area contributed by atoms with E-state index in [0.717, 1.165) is 0 Å². The largest absolute Gasteiger partial charge is 0.508 e. The number of nitrogens with one attached hydrogen (secondary N) is 6. The number of nitrogens with two attached hydrogens (primary N) is 1. The number of aliphatic carboxylic acids is 1. The monoisotopic (exact) mass is 775 g/mol. The van der Waals surface area contributed by atoms with Crippen LogP contribution in [0, 0.1) is 5.92 Å². The second-order valence-electron chi connectivity index (χ2n) is 12.6. The van der Waals surface area contributed by atoms with E-state index in [1.165, 1.54) is 36.4 Å². The van der Waals surface area contributed by atoms with E-state index in [0.29, 0.717) is 17.5 Å². The Labute approximate surface area is 315 Å². The quantitative estimate of drug-likeness (QED) is 0.0540. The van der Waals surface area contributed by atoms with Crippen LogP contribution in [-0.2, 0) is 46.4 Å². The number of phenolic OH excluding ortho intramolecular Hbond substituents is 2. The Morgan fingerprint density at radius 1 is 0.600 bits per heavy atom. The lowest BCUT2D eigenvalue weighted by molar-refractivity contribution is -0.142. The number of aromatic hydroxyl groups is 2. The summed E-state index contributed by atoms with van der Waals surface area (Å²) < 4.78 is 0. The Balaban J connectivity index is 2.19. The van der Waals surface area contributed by atoms with E-state index in [9.17, 15) is 54.0 Å². The molecular weight excluding hydrogens is 726 g/mol. The maximum atomic E-state index is 13.5. The second-order valence-corrected chi connectivity index (χ2v) is 12.6. The topological polar surface area (TPSA) is 339 Å². The van der Waals surface area contributed by atoms with Crippen LogP contribution in [0.5, 0.6) is 11.5 Å². The zero-order chi connectivity index (χ0) is 41.2. The summed E-state index contributed by atoms with van der Waals surface area (Å²) in [5.41, 5.74) is 7.14. The zero-order valence-electron chi connectivity index (χ0n) is 30.2. The van der Waals surface area contributed by atoms with Crippen LogP contribution >= 0.6 is 0 Å². The van der Waals surface area contributed by atoms with Crippen molar-refractivity contribution >= 4 is 41.4 Å². The number of carbonyl (C=O) groups is 7. The van der Waals surface area contributed by atoms with Gasteiger partial charge in [-0.25, -0.2) is 4.79 Å². The minimum absolute atomic E-state index is 0.0282. The first-order chi connectivity index (χ1) is 26.0. The molecule has 0 aliphatic rings. The smallest absolute Gasteiger partial charge is 0.328 e. The van der Waals surface area contributed by atoms with E-state index in [4.69, 9.17) is 15.9 Å². The first-order valence-corrected chi connectivity index (χ1v) is 17.2. The summed E-state index contributed by atoms with van der Waals surface area (Å²) in [7, 11) is 0. The minimum Gasteiger partial charge on any atom is -0.508 e. The fraction of sp³-hybridized carbons (Fsp3) is 0.457. The molecule has 0 bridgehead atoms. The van der Waals surface area contributed by atoms with Crippen LogP contribution in [0.2, 0.25) is 0 Å². The summed E-state index contributed by atoms with van der Waals surface area (Å²) in [6.45, 7) is -0.213. The summed E-state index contributed by atoms with van der Waals surface area (Å²) in [6.07, 6.45) is 0.236. The van der Waals surface area contributed by atoms with Crippen LogP contribution in [0.1, 0.15) is 31.4 Å². The number of carboxylic acid groups (broad SMARTS) is 1. The molecule has 0 aliphatic carbocycles. The highest BCUT2D eigenvalue weighted by Gasteiger charge is 2.33. The van der Waals surface area contributed by atoms with E-state index in [1.54, 1.807) is 26.0 Å². The van der Waals surface area contributed by atoms with Crippen LogP contribution < -0.4 is 37.6 Å². The van der Waals surface area contributed by atoms with E-state index in [1.807, 2.05) is 5.32 Å². The van der Waals surface area contributed by atoms with Gasteiger partial charge in [-0.05, 0) is 47.7 Å². The van der Waals surface area contributed by atoms with Gasteiger partial charge in [-0.3, -0.25) is 28.8 Å². The Morgan fingerprint density at radius 2 is 1.05 bits per heavy atom. The van der Waals surface area contributed by atoms with Crippen molar-refractivity contribution < 1.29 is 64.2 Å². The van der Waals surface area contributed by atoms with Crippen molar-refractivity contribution in [3.63, 3.8) is 0 Å². The second kappa shape index (κ2) is 22.4. The van der Waals surface area contributed by atoms with Gasteiger partial charge in [-0.15, -0.1) is 0 Å². The van der Waals surface area contributed by atoms with Crippen LogP contribution in [0.3, 0.4) is 0 Å². The highest BCUT2D eigenvalue weighted by atomic mass is 16.4. The Morgan fingerprint density at radius 3 is 1.55 bits per heavy atom. The molecular formula is C35H49N7O13. The molecule has 20 nitrogen and oxygen atoms in total. The molecule has 0 radical (unpaired) electrons. The Kier molecular flexibility index (Phi) is 18.5. The molecule has 0 unspecified atom stereocenters. The third-order valence-electron chi connectivity index (χ3n) is 8.40. The van der Waals surface area contributed by atoms with Gasteiger partial charge < -0.3 is 68.3 Å². The molecule has 7 atom stereocenters. The number of hydrogen-bond acceptors (Lipinski definition) is 13. The highest BCUT2D eigenvalue weighted by Crippen LogP contribution is 2.14. The normalized spacial score (nSPS) is 14.7. The molecule has 0 fully saturated rings.